The molecule has 0 heterocycles. The third-order valence-corrected chi connectivity index (χ3v) is 5.42. The number of methoxy groups -OCH3 is 1. The molecule has 0 radical (unpaired) electrons. The Kier molecular flexibility index (Phi) is 18.8. The van der Waals surface area contributed by atoms with Crippen LogP contribution >= 0.6 is 11.6 Å². The molecule has 0 amide bonds. The van der Waals surface area contributed by atoms with Crippen LogP contribution in [0.3, 0.4) is 0 Å². The zero-order valence-electron chi connectivity index (χ0n) is 23.4. The van der Waals surface area contributed by atoms with E-state index in [4.69, 9.17) is 16.3 Å². The number of ether oxygens (including phenoxy) is 3. The molecule has 1 N–H and O–H groups in total. The van der Waals surface area contributed by atoms with E-state index in [0.717, 1.165) is 28.9 Å². The Morgan fingerprint density at radius 3 is 2.10 bits per heavy atom. The molecule has 39 heavy (non-hydrogen) atoms. The van der Waals surface area contributed by atoms with Gasteiger partial charge >= 0.3 is 0 Å². The quantitative estimate of drug-likeness (QED) is 0.0753. The molecule has 0 atom stereocenters. The highest BCUT2D eigenvalue weighted by molar-refractivity contribution is 6.29. The molecular weight excluding hydrogens is 522 g/mol. The van der Waals surface area contributed by atoms with Crippen LogP contribution < -0.4 is 5.43 Å². The molecule has 212 valence electrons. The summed E-state index contributed by atoms with van der Waals surface area (Å²) in [6, 6.07) is 16.5. The number of carbonyl (C=O) groups is 2. The first kappa shape index (κ1) is 35.0. The van der Waals surface area contributed by atoms with Crippen molar-refractivity contribution in [3.05, 3.63) is 70.5 Å². The third-order valence-electron chi connectivity index (χ3n) is 5.03. The second-order valence-corrected chi connectivity index (χ2v) is 8.26. The number of amidine groups is 1. The summed E-state index contributed by atoms with van der Waals surface area (Å²) < 4.78 is 12.6. The van der Waals surface area contributed by atoms with Crippen LogP contribution in [-0.2, 0) is 30.3 Å². The molecule has 10 nitrogen and oxygen atoms in total. The molecular formula is C28H38ClN5O5. The SMILES string of the molecule is C=NNC(=NC)c1ccccc1-c1ccc(CN(C)/C(C)=C(/Cl)N=C)cc1.COC(C)C.O=COCOC=O. The Bertz CT molecular complexity index is 1080. The molecule has 0 saturated heterocycles. The minimum Gasteiger partial charge on any atom is -0.430 e. The van der Waals surface area contributed by atoms with E-state index >= 15 is 0 Å². The number of halogens is 1. The Hall–Kier alpha value is -4.02. The molecule has 2 aromatic carbocycles. The smallest absolute Gasteiger partial charge is 0.295 e. The summed E-state index contributed by atoms with van der Waals surface area (Å²) in [5.41, 5.74) is 8.05. The van der Waals surface area contributed by atoms with Crippen LogP contribution in [-0.4, -0.2) is 71.2 Å². The number of allylic oxidation sites excluding steroid dienone is 1. The summed E-state index contributed by atoms with van der Waals surface area (Å²) >= 11 is 6.05. The van der Waals surface area contributed by atoms with Crippen LogP contribution in [0.1, 0.15) is 31.9 Å². The van der Waals surface area contributed by atoms with Crippen molar-refractivity contribution in [1.29, 1.82) is 0 Å². The molecule has 2 rings (SSSR count). The second kappa shape index (κ2) is 21.0. The number of hydrazone groups is 1. The van der Waals surface area contributed by atoms with E-state index in [9.17, 15) is 9.59 Å². The lowest BCUT2D eigenvalue weighted by atomic mass is 9.98. The molecule has 0 unspecified atom stereocenters. The average molecular weight is 560 g/mol. The Morgan fingerprint density at radius 2 is 1.64 bits per heavy atom. The van der Waals surface area contributed by atoms with Gasteiger partial charge in [-0.2, -0.15) is 5.10 Å². The van der Waals surface area contributed by atoms with Gasteiger partial charge in [0.2, 0.25) is 6.79 Å². The molecule has 11 heteroatoms. The number of nitrogens with zero attached hydrogens (tertiary/aromatic N) is 4. The zero-order chi connectivity index (χ0) is 29.6. The minimum absolute atomic E-state index is 0.198. The van der Waals surface area contributed by atoms with Gasteiger partial charge in [-0.05, 0) is 44.2 Å². The molecule has 0 aromatic heterocycles. The van der Waals surface area contributed by atoms with Crippen LogP contribution in [0.15, 0.2) is 74.5 Å². The van der Waals surface area contributed by atoms with E-state index in [2.05, 4.69) is 73.8 Å². The predicted molar refractivity (Wildman–Crippen MR) is 158 cm³/mol. The zero-order valence-corrected chi connectivity index (χ0v) is 24.1. The van der Waals surface area contributed by atoms with E-state index < -0.39 is 0 Å². The second-order valence-electron chi connectivity index (χ2n) is 7.90. The fourth-order valence-electron chi connectivity index (χ4n) is 2.80. The summed E-state index contributed by atoms with van der Waals surface area (Å²) in [5, 5.41) is 4.15. The number of hydrogen-bond donors (Lipinski definition) is 1. The van der Waals surface area contributed by atoms with Crippen molar-refractivity contribution >= 4 is 43.8 Å². The van der Waals surface area contributed by atoms with Gasteiger partial charge in [0.15, 0.2) is 0 Å². The summed E-state index contributed by atoms with van der Waals surface area (Å²) in [7, 11) is 5.40. The first-order valence-electron chi connectivity index (χ1n) is 11.7. The maximum atomic E-state index is 9.26. The van der Waals surface area contributed by atoms with Gasteiger partial charge in [0.05, 0.1) is 6.10 Å². The molecule has 0 spiro atoms. The number of hydrogen-bond acceptors (Lipinski definition) is 9. The monoisotopic (exact) mass is 559 g/mol. The lowest BCUT2D eigenvalue weighted by molar-refractivity contribution is -0.149. The number of benzene rings is 2. The predicted octanol–water partition coefficient (Wildman–Crippen LogP) is 4.83. The van der Waals surface area contributed by atoms with Gasteiger partial charge < -0.3 is 19.1 Å². The molecule has 0 saturated carbocycles. The van der Waals surface area contributed by atoms with Gasteiger partial charge in [-0.1, -0.05) is 60.1 Å². The van der Waals surface area contributed by atoms with Crippen LogP contribution in [0.5, 0.6) is 0 Å². The van der Waals surface area contributed by atoms with Gasteiger partial charge in [0, 0.05) is 45.7 Å². The van der Waals surface area contributed by atoms with Gasteiger partial charge in [0.1, 0.15) is 11.0 Å². The van der Waals surface area contributed by atoms with Gasteiger partial charge in [-0.15, -0.1) is 0 Å². The lowest BCUT2D eigenvalue weighted by Crippen LogP contribution is -2.19. The van der Waals surface area contributed by atoms with Crippen molar-refractivity contribution in [3.8, 4) is 11.1 Å². The molecule has 2 aromatic rings. The molecule has 0 aliphatic rings. The topological polar surface area (TPSA) is 114 Å². The van der Waals surface area contributed by atoms with Crippen LogP contribution in [0.25, 0.3) is 11.1 Å². The number of nitrogens with one attached hydrogen (secondary N) is 1. The van der Waals surface area contributed by atoms with Gasteiger partial charge in [-0.3, -0.25) is 25.0 Å². The van der Waals surface area contributed by atoms with Crippen molar-refractivity contribution in [2.24, 2.45) is 15.1 Å². The first-order valence-corrected chi connectivity index (χ1v) is 12.1. The van der Waals surface area contributed by atoms with Crippen molar-refractivity contribution in [2.75, 3.05) is 28.0 Å². The Labute approximate surface area is 236 Å². The molecule has 0 aliphatic heterocycles. The number of rotatable bonds is 12. The van der Waals surface area contributed by atoms with Crippen LogP contribution in [0, 0.1) is 0 Å². The maximum Gasteiger partial charge on any atom is 0.295 e. The normalized spacial score (nSPS) is 10.9. The van der Waals surface area contributed by atoms with Crippen LogP contribution in [0.4, 0.5) is 0 Å². The fraction of sp³-hybridized carbons (Fsp3) is 0.321. The van der Waals surface area contributed by atoms with Gasteiger partial charge in [-0.25, -0.2) is 0 Å². The molecule has 0 fully saturated rings. The van der Waals surface area contributed by atoms with E-state index in [0.29, 0.717) is 17.1 Å². The molecule has 0 aliphatic carbocycles. The summed E-state index contributed by atoms with van der Waals surface area (Å²) in [6.07, 6.45) is 0.384. The van der Waals surface area contributed by atoms with E-state index in [1.165, 1.54) is 5.56 Å². The third kappa shape index (κ3) is 13.9. The fourth-order valence-corrected chi connectivity index (χ4v) is 2.94. The van der Waals surface area contributed by atoms with Crippen molar-refractivity contribution < 1.29 is 23.8 Å². The minimum atomic E-state index is -0.299. The summed E-state index contributed by atoms with van der Waals surface area (Å²) in [6.45, 7) is 13.7. The summed E-state index contributed by atoms with van der Waals surface area (Å²) in [4.78, 5) is 28.6. The largest absolute Gasteiger partial charge is 0.430 e. The van der Waals surface area contributed by atoms with E-state index in [1.807, 2.05) is 50.9 Å². The number of aliphatic imine (C=N–C) groups is 2. The average Bonchev–Trinajstić information content (AvgIpc) is 2.96. The maximum absolute atomic E-state index is 9.26. The van der Waals surface area contributed by atoms with Crippen molar-refractivity contribution in [1.82, 2.24) is 10.3 Å². The van der Waals surface area contributed by atoms with Crippen molar-refractivity contribution in [3.63, 3.8) is 0 Å². The highest BCUT2D eigenvalue weighted by Gasteiger charge is 2.10. The standard InChI is InChI=1S/C21H24ClN5.C4H10O.C3H4O4/c1-15(20(22)23-2)27(5)14-16-10-12-17(13-11-16)18-8-6-7-9-19(18)21(24-3)26-25-4;1-4(2)5-3;4-1-6-3-7-2-5/h6-13H,2,4,14H2,1,3,5H3,(H,24,26);4H,1-3H3;1-2H,3H2/b20-15-;;. The first-order chi connectivity index (χ1) is 18.7. The highest BCUT2D eigenvalue weighted by Crippen LogP contribution is 2.25. The van der Waals surface area contributed by atoms with E-state index in [1.54, 1.807) is 14.2 Å². The van der Waals surface area contributed by atoms with Crippen LogP contribution in [0.2, 0.25) is 0 Å². The highest BCUT2D eigenvalue weighted by atomic mass is 35.5. The van der Waals surface area contributed by atoms with E-state index in [-0.39, 0.29) is 19.7 Å². The Balaban J connectivity index is 0.00000100. The lowest BCUT2D eigenvalue weighted by Gasteiger charge is -2.20. The Morgan fingerprint density at radius 1 is 1.08 bits per heavy atom. The van der Waals surface area contributed by atoms with Crippen molar-refractivity contribution in [2.45, 2.75) is 33.4 Å². The number of carbonyl (C=O) groups excluding carboxylic acids is 2. The summed E-state index contributed by atoms with van der Waals surface area (Å²) in [5.74, 6) is 0.678. The van der Waals surface area contributed by atoms with Gasteiger partial charge in [0.25, 0.3) is 12.9 Å². The molecule has 0 bridgehead atoms.